The van der Waals surface area contributed by atoms with Crippen LogP contribution in [0.2, 0.25) is 0 Å². The molecule has 0 spiro atoms. The van der Waals surface area contributed by atoms with Gasteiger partial charge in [0.1, 0.15) is 0 Å². The van der Waals surface area contributed by atoms with Crippen LogP contribution in [0.15, 0.2) is 0 Å². The van der Waals surface area contributed by atoms with E-state index in [2.05, 4.69) is 29.8 Å². The molecule has 4 bridgehead atoms. The molecule has 4 saturated carbocycles. The van der Waals surface area contributed by atoms with Gasteiger partial charge < -0.3 is 9.64 Å². The molecule has 5 heteroatoms. The van der Waals surface area contributed by atoms with Crippen molar-refractivity contribution in [3.63, 3.8) is 0 Å². The summed E-state index contributed by atoms with van der Waals surface area (Å²) in [6.45, 7) is 4.12. The Kier molecular flexibility index (Phi) is 4.45. The number of ether oxygens (including phenoxy) is 1. The molecule has 5 aliphatic rings. The van der Waals surface area contributed by atoms with Gasteiger partial charge in [-0.25, -0.2) is 0 Å². The lowest BCUT2D eigenvalue weighted by molar-refractivity contribution is -0.173. The third kappa shape index (κ3) is 3.15. The summed E-state index contributed by atoms with van der Waals surface area (Å²) in [6, 6.07) is 0.501. The zero-order valence-corrected chi connectivity index (χ0v) is 17.0. The molecule has 25 heavy (non-hydrogen) atoms. The molecule has 0 unspecified atom stereocenters. The maximum atomic E-state index is 13.0. The lowest BCUT2D eigenvalue weighted by Gasteiger charge is -2.58. The van der Waals surface area contributed by atoms with Crippen LogP contribution in [0.5, 0.6) is 0 Å². The van der Waals surface area contributed by atoms with Gasteiger partial charge in [-0.05, 0) is 83.5 Å². The molecule has 4 atom stereocenters. The lowest BCUT2D eigenvalue weighted by atomic mass is 9.49. The number of alkyl halides is 1. The van der Waals surface area contributed by atoms with E-state index < -0.39 is 0 Å². The van der Waals surface area contributed by atoms with E-state index in [9.17, 15) is 9.59 Å². The van der Waals surface area contributed by atoms with E-state index >= 15 is 0 Å². The van der Waals surface area contributed by atoms with Crippen molar-refractivity contribution in [3.05, 3.63) is 0 Å². The van der Waals surface area contributed by atoms with E-state index in [-0.39, 0.29) is 40.3 Å². The van der Waals surface area contributed by atoms with Crippen LogP contribution >= 0.6 is 15.9 Å². The third-order valence-corrected chi connectivity index (χ3v) is 8.16. The first-order valence-corrected chi connectivity index (χ1v) is 10.8. The summed E-state index contributed by atoms with van der Waals surface area (Å²) in [6.07, 6.45) is 9.72. The Bertz CT molecular complexity index is 553. The number of halogens is 1. The van der Waals surface area contributed by atoms with Crippen LogP contribution < -0.4 is 0 Å². The number of rotatable bonds is 3. The molecule has 1 saturated heterocycles. The quantitative estimate of drug-likeness (QED) is 0.519. The molecule has 4 nitrogen and oxygen atoms in total. The molecule has 4 aliphatic carbocycles. The summed E-state index contributed by atoms with van der Waals surface area (Å²) in [7, 11) is 0. The van der Waals surface area contributed by atoms with E-state index in [0.29, 0.717) is 11.8 Å². The first-order valence-electron chi connectivity index (χ1n) is 9.98. The highest BCUT2D eigenvalue weighted by atomic mass is 79.9. The second-order valence-electron chi connectivity index (χ2n) is 9.40. The van der Waals surface area contributed by atoms with Crippen molar-refractivity contribution in [1.82, 2.24) is 4.90 Å². The number of hydrogen-bond donors (Lipinski definition) is 0. The number of amides is 1. The van der Waals surface area contributed by atoms with Crippen molar-refractivity contribution < 1.29 is 14.3 Å². The van der Waals surface area contributed by atoms with E-state index in [0.717, 1.165) is 32.1 Å². The van der Waals surface area contributed by atoms with Crippen molar-refractivity contribution in [3.8, 4) is 0 Å². The van der Waals surface area contributed by atoms with E-state index in [1.165, 1.54) is 25.7 Å². The van der Waals surface area contributed by atoms with Crippen LogP contribution in [0.25, 0.3) is 0 Å². The van der Waals surface area contributed by atoms with Gasteiger partial charge in [-0.2, -0.15) is 0 Å². The Morgan fingerprint density at radius 3 is 2.24 bits per heavy atom. The molecule has 1 amide bonds. The van der Waals surface area contributed by atoms with Gasteiger partial charge in [0.2, 0.25) is 0 Å². The highest BCUT2D eigenvalue weighted by Gasteiger charge is 2.60. The van der Waals surface area contributed by atoms with Crippen LogP contribution in [0.4, 0.5) is 0 Å². The van der Waals surface area contributed by atoms with Gasteiger partial charge in [0.05, 0.1) is 5.41 Å². The first-order chi connectivity index (χ1) is 11.8. The number of carbonyl (C=O) groups excluding carboxylic acids is 2. The van der Waals surface area contributed by atoms with Gasteiger partial charge in [0.25, 0.3) is 5.91 Å². The standard InChI is InChI=1S/C20H30BrNO3/c1-13-4-3-5-14(2)22(13)17(23)11-25-18(24)19-7-15-6-16(8-19)10-20(21,9-15)12-19/h13-16H,3-12H2,1-2H3/t13-,14-,15-,16-,19?,20?/m1/s1. The third-order valence-electron chi connectivity index (χ3n) is 7.23. The number of nitrogens with zero attached hydrogens (tertiary/aromatic N) is 1. The van der Waals surface area contributed by atoms with Gasteiger partial charge in [0.15, 0.2) is 6.61 Å². The van der Waals surface area contributed by atoms with E-state index in [4.69, 9.17) is 4.74 Å². The van der Waals surface area contributed by atoms with Crippen molar-refractivity contribution in [2.24, 2.45) is 17.3 Å². The Morgan fingerprint density at radius 1 is 1.08 bits per heavy atom. The van der Waals surface area contributed by atoms with Crippen LogP contribution in [0, 0.1) is 17.3 Å². The minimum absolute atomic E-state index is 0.0219. The summed E-state index contributed by atoms with van der Waals surface area (Å²) in [5.74, 6) is 1.15. The monoisotopic (exact) mass is 411 g/mol. The average molecular weight is 412 g/mol. The molecule has 0 aromatic rings. The molecule has 0 aromatic carbocycles. The van der Waals surface area contributed by atoms with Crippen LogP contribution in [-0.2, 0) is 14.3 Å². The predicted molar refractivity (Wildman–Crippen MR) is 99.4 cm³/mol. The second kappa shape index (κ2) is 6.24. The van der Waals surface area contributed by atoms with E-state index in [1.54, 1.807) is 0 Å². The predicted octanol–water partition coefficient (Wildman–Crippen LogP) is 4.05. The first kappa shape index (κ1) is 17.8. The minimum Gasteiger partial charge on any atom is -0.455 e. The summed E-state index contributed by atoms with van der Waals surface area (Å²) < 4.78 is 5.77. The molecule has 140 valence electrons. The number of piperidine rings is 1. The minimum atomic E-state index is -0.340. The number of likely N-dealkylation sites (tertiary alicyclic amines) is 1. The lowest BCUT2D eigenvalue weighted by Crippen LogP contribution is -2.56. The molecule has 0 N–H and O–H groups in total. The molecule has 5 fully saturated rings. The van der Waals surface area contributed by atoms with Crippen molar-refractivity contribution in [2.45, 2.75) is 88.0 Å². The number of carbonyl (C=O) groups is 2. The normalized spacial score (nSPS) is 45.5. The largest absolute Gasteiger partial charge is 0.455 e. The maximum absolute atomic E-state index is 13.0. The SMILES string of the molecule is C[C@@H]1CCC[C@@H](C)N1C(=O)COC(=O)C12C[C@H]3C[C@@H](CC(Br)(C3)C1)C2. The molecular formula is C20H30BrNO3. The Labute approximate surface area is 159 Å². The average Bonchev–Trinajstić information content (AvgIpc) is 2.50. The van der Waals surface area contributed by atoms with Gasteiger partial charge in [-0.3, -0.25) is 9.59 Å². The molecular weight excluding hydrogens is 382 g/mol. The number of hydrogen-bond acceptors (Lipinski definition) is 3. The zero-order chi connectivity index (χ0) is 17.8. The fourth-order valence-electron chi connectivity index (χ4n) is 6.66. The Balaban J connectivity index is 1.40. The summed E-state index contributed by atoms with van der Waals surface area (Å²) >= 11 is 3.94. The summed E-state index contributed by atoms with van der Waals surface area (Å²) in [5, 5.41) is 0. The highest BCUT2D eigenvalue weighted by molar-refractivity contribution is 9.10. The van der Waals surface area contributed by atoms with Gasteiger partial charge in [-0.15, -0.1) is 0 Å². The molecule has 5 rings (SSSR count). The topological polar surface area (TPSA) is 46.6 Å². The zero-order valence-electron chi connectivity index (χ0n) is 15.4. The Hall–Kier alpha value is -0.580. The van der Waals surface area contributed by atoms with Crippen LogP contribution in [-0.4, -0.2) is 39.8 Å². The number of esters is 1. The van der Waals surface area contributed by atoms with Gasteiger partial charge in [0, 0.05) is 16.4 Å². The fraction of sp³-hybridized carbons (Fsp3) is 0.900. The molecule has 1 aliphatic heterocycles. The second-order valence-corrected chi connectivity index (χ2v) is 11.1. The maximum Gasteiger partial charge on any atom is 0.312 e. The fourth-order valence-corrected chi connectivity index (χ4v) is 8.11. The summed E-state index contributed by atoms with van der Waals surface area (Å²) in [4.78, 5) is 27.6. The molecule has 0 aromatic heterocycles. The van der Waals surface area contributed by atoms with Crippen molar-refractivity contribution in [1.29, 1.82) is 0 Å². The van der Waals surface area contributed by atoms with Gasteiger partial charge in [-0.1, -0.05) is 15.9 Å². The molecule has 1 heterocycles. The van der Waals surface area contributed by atoms with Crippen LogP contribution in [0.3, 0.4) is 0 Å². The Morgan fingerprint density at radius 2 is 1.68 bits per heavy atom. The van der Waals surface area contributed by atoms with E-state index in [1.807, 2.05) is 4.90 Å². The summed E-state index contributed by atoms with van der Waals surface area (Å²) in [5.41, 5.74) is -0.340. The van der Waals surface area contributed by atoms with Crippen molar-refractivity contribution >= 4 is 27.8 Å². The smallest absolute Gasteiger partial charge is 0.312 e. The van der Waals surface area contributed by atoms with Crippen LogP contribution in [0.1, 0.15) is 71.6 Å². The highest BCUT2D eigenvalue weighted by Crippen LogP contribution is 2.64. The molecule has 0 radical (unpaired) electrons. The van der Waals surface area contributed by atoms with Gasteiger partial charge >= 0.3 is 5.97 Å². The van der Waals surface area contributed by atoms with Crippen molar-refractivity contribution in [2.75, 3.05) is 6.61 Å².